The van der Waals surface area contributed by atoms with Gasteiger partial charge in [-0.15, -0.1) is 0 Å². The molecule has 178 valence electrons. The average molecular weight is 464 g/mol. The van der Waals surface area contributed by atoms with Crippen molar-refractivity contribution in [3.63, 3.8) is 0 Å². The Bertz CT molecular complexity index is 1340. The summed E-state index contributed by atoms with van der Waals surface area (Å²) in [4.78, 5) is 16.8. The molecule has 1 atom stereocenters. The number of ketones is 1. The number of pyridine rings is 1. The van der Waals surface area contributed by atoms with Crippen LogP contribution in [0.5, 0.6) is 0 Å². The number of nitrogens with two attached hydrogens (primary N) is 1. The van der Waals surface area contributed by atoms with Crippen LogP contribution in [0.3, 0.4) is 0 Å². The molecule has 0 aliphatic rings. The fourth-order valence-corrected chi connectivity index (χ4v) is 4.54. The third-order valence-corrected chi connectivity index (χ3v) is 6.54. The molecule has 0 bridgehead atoms. The van der Waals surface area contributed by atoms with E-state index >= 15 is 0 Å². The van der Waals surface area contributed by atoms with Gasteiger partial charge in [0, 0.05) is 53.6 Å². The minimum atomic E-state index is 0.00303. The Morgan fingerprint density at radius 2 is 1.80 bits per heavy atom. The highest BCUT2D eigenvalue weighted by Crippen LogP contribution is 2.26. The fourth-order valence-electron chi connectivity index (χ4n) is 4.54. The minimum absolute atomic E-state index is 0.00303. The van der Waals surface area contributed by atoms with Gasteiger partial charge in [0.2, 0.25) is 0 Å². The van der Waals surface area contributed by atoms with Crippen molar-refractivity contribution in [2.24, 2.45) is 5.73 Å². The van der Waals surface area contributed by atoms with Gasteiger partial charge in [0.05, 0.1) is 0 Å². The van der Waals surface area contributed by atoms with E-state index in [9.17, 15) is 4.79 Å². The molecule has 0 aliphatic carbocycles. The average Bonchev–Trinajstić information content (AvgIpc) is 2.85. The zero-order valence-electron chi connectivity index (χ0n) is 20.6. The predicted octanol–water partition coefficient (Wildman–Crippen LogP) is 6.73. The molecule has 4 nitrogen and oxygen atoms in total. The molecule has 4 aromatic rings. The lowest BCUT2D eigenvalue weighted by molar-refractivity contribution is 0.0979. The largest absolute Gasteiger partial charge is 0.359 e. The summed E-state index contributed by atoms with van der Waals surface area (Å²) >= 11 is 0. The van der Waals surface area contributed by atoms with Crippen molar-refractivity contribution in [2.45, 2.75) is 39.0 Å². The van der Waals surface area contributed by atoms with Crippen LogP contribution in [-0.4, -0.2) is 17.3 Å². The highest BCUT2D eigenvalue weighted by atomic mass is 16.1. The number of carbonyl (C=O) groups is 1. The van der Waals surface area contributed by atoms with Crippen molar-refractivity contribution in [3.8, 4) is 0 Å². The van der Waals surface area contributed by atoms with Crippen molar-refractivity contribution >= 4 is 22.2 Å². The van der Waals surface area contributed by atoms with E-state index in [1.807, 2.05) is 44.3 Å². The van der Waals surface area contributed by atoms with Crippen molar-refractivity contribution in [2.75, 3.05) is 11.9 Å². The van der Waals surface area contributed by atoms with Crippen LogP contribution < -0.4 is 11.1 Å². The lowest BCUT2D eigenvalue weighted by Crippen LogP contribution is -2.18. The summed E-state index contributed by atoms with van der Waals surface area (Å²) in [5.41, 5.74) is 13.4. The lowest BCUT2D eigenvalue weighted by atomic mass is 9.93. The Kier molecular flexibility index (Phi) is 7.74. The number of nitrogens with zero attached hydrogens (tertiary/aromatic N) is 1. The number of benzene rings is 3. The molecule has 0 spiro atoms. The molecule has 0 saturated carbocycles. The van der Waals surface area contributed by atoms with Gasteiger partial charge < -0.3 is 11.1 Å². The summed E-state index contributed by atoms with van der Waals surface area (Å²) in [5.74, 6) is 0.220. The minimum Gasteiger partial charge on any atom is -0.359 e. The van der Waals surface area contributed by atoms with E-state index in [-0.39, 0.29) is 11.7 Å². The number of Topliss-reactive ketones (excluding diaryl/α,β-unsaturated/α-hetero) is 1. The first kappa shape index (κ1) is 24.4. The Hall–Kier alpha value is -3.76. The summed E-state index contributed by atoms with van der Waals surface area (Å²) in [6.45, 7) is 8.79. The zero-order valence-corrected chi connectivity index (χ0v) is 20.6. The third kappa shape index (κ3) is 6.03. The Labute approximate surface area is 207 Å². The molecule has 0 unspecified atom stereocenters. The van der Waals surface area contributed by atoms with Gasteiger partial charge in [0.1, 0.15) is 0 Å². The monoisotopic (exact) mass is 463 g/mol. The number of rotatable bonds is 10. The number of hydrogen-bond acceptors (Lipinski definition) is 4. The molecule has 0 amide bonds. The van der Waals surface area contributed by atoms with E-state index in [1.165, 1.54) is 11.1 Å². The number of aryl methyl sites for hydroxylation is 3. The second-order valence-corrected chi connectivity index (χ2v) is 9.21. The SMILES string of the molecule is C=C(Nc1ccc2cnccc2c1)[C@H](CN)c1ccc(CCCC(=O)c2ccc(C)cc2C)cc1. The first-order valence-electron chi connectivity index (χ1n) is 12.1. The van der Waals surface area contributed by atoms with Crippen LogP contribution in [-0.2, 0) is 6.42 Å². The van der Waals surface area contributed by atoms with Gasteiger partial charge in [-0.25, -0.2) is 0 Å². The summed E-state index contributed by atoms with van der Waals surface area (Å²) in [7, 11) is 0. The highest BCUT2D eigenvalue weighted by molar-refractivity contribution is 5.97. The van der Waals surface area contributed by atoms with Gasteiger partial charge >= 0.3 is 0 Å². The number of aromatic nitrogens is 1. The van der Waals surface area contributed by atoms with E-state index in [2.05, 4.69) is 59.3 Å². The molecule has 35 heavy (non-hydrogen) atoms. The number of hydrogen-bond donors (Lipinski definition) is 2. The van der Waals surface area contributed by atoms with Crippen LogP contribution in [0.2, 0.25) is 0 Å². The standard InChI is InChI=1S/C31H33N3O/c1-21-7-14-29(22(2)17-21)31(35)6-4-5-24-8-10-25(11-9-24)30(19-32)23(3)34-28-13-12-27-20-33-16-15-26(27)18-28/h7-18,20,30,34H,3-6,19,32H2,1-2H3/t30-/m0/s1. The maximum Gasteiger partial charge on any atom is 0.163 e. The quantitative estimate of drug-likeness (QED) is 0.256. The van der Waals surface area contributed by atoms with Crippen LogP contribution in [0.4, 0.5) is 5.69 Å². The first-order valence-corrected chi connectivity index (χ1v) is 12.1. The third-order valence-electron chi connectivity index (χ3n) is 6.54. The molecular formula is C31H33N3O. The molecule has 4 heteroatoms. The van der Waals surface area contributed by atoms with Gasteiger partial charge in [0.25, 0.3) is 0 Å². The fraction of sp³-hybridized carbons (Fsp3) is 0.226. The Morgan fingerprint density at radius 3 is 2.54 bits per heavy atom. The van der Waals surface area contributed by atoms with E-state index in [1.54, 1.807) is 6.20 Å². The first-order chi connectivity index (χ1) is 16.9. The van der Waals surface area contributed by atoms with E-state index in [4.69, 9.17) is 5.73 Å². The topological polar surface area (TPSA) is 68.0 Å². The summed E-state index contributed by atoms with van der Waals surface area (Å²) in [6.07, 6.45) is 5.91. The zero-order chi connectivity index (χ0) is 24.8. The molecule has 3 aromatic carbocycles. The van der Waals surface area contributed by atoms with Crippen molar-refractivity contribution < 1.29 is 4.79 Å². The molecule has 0 aliphatic heterocycles. The van der Waals surface area contributed by atoms with Crippen molar-refractivity contribution in [1.82, 2.24) is 4.98 Å². The van der Waals surface area contributed by atoms with Gasteiger partial charge in [-0.05, 0) is 67.0 Å². The number of carbonyl (C=O) groups excluding carboxylic acids is 1. The molecule has 0 fully saturated rings. The molecule has 1 heterocycles. The number of anilines is 1. The van der Waals surface area contributed by atoms with Crippen LogP contribution in [0.1, 0.15) is 51.4 Å². The van der Waals surface area contributed by atoms with Gasteiger partial charge in [-0.2, -0.15) is 0 Å². The summed E-state index contributed by atoms with van der Waals surface area (Å²) in [5, 5.41) is 5.67. The number of fused-ring (bicyclic) bond motifs is 1. The van der Waals surface area contributed by atoms with Gasteiger partial charge in [0.15, 0.2) is 5.78 Å². The smallest absolute Gasteiger partial charge is 0.163 e. The summed E-state index contributed by atoms with van der Waals surface area (Å²) < 4.78 is 0. The van der Waals surface area contributed by atoms with E-state index < -0.39 is 0 Å². The van der Waals surface area contributed by atoms with Gasteiger partial charge in [-0.1, -0.05) is 60.7 Å². The van der Waals surface area contributed by atoms with Crippen molar-refractivity contribution in [3.05, 3.63) is 119 Å². The predicted molar refractivity (Wildman–Crippen MR) is 146 cm³/mol. The Morgan fingerprint density at radius 1 is 1.00 bits per heavy atom. The van der Waals surface area contributed by atoms with Crippen LogP contribution in [0.25, 0.3) is 10.8 Å². The Balaban J connectivity index is 1.34. The van der Waals surface area contributed by atoms with E-state index in [0.29, 0.717) is 13.0 Å². The van der Waals surface area contributed by atoms with Crippen LogP contribution in [0, 0.1) is 13.8 Å². The van der Waals surface area contributed by atoms with Crippen molar-refractivity contribution in [1.29, 1.82) is 0 Å². The molecule has 3 N–H and O–H groups in total. The van der Waals surface area contributed by atoms with Crippen LogP contribution in [0.15, 0.2) is 91.4 Å². The van der Waals surface area contributed by atoms with E-state index in [0.717, 1.165) is 51.7 Å². The summed E-state index contributed by atoms with van der Waals surface area (Å²) in [6, 6.07) is 22.7. The second-order valence-electron chi connectivity index (χ2n) is 9.21. The number of nitrogens with one attached hydrogen (secondary N) is 1. The van der Waals surface area contributed by atoms with Crippen LogP contribution >= 0.6 is 0 Å². The molecule has 4 rings (SSSR count). The highest BCUT2D eigenvalue weighted by Gasteiger charge is 2.15. The second kappa shape index (κ2) is 11.1. The normalized spacial score (nSPS) is 11.9. The lowest BCUT2D eigenvalue weighted by Gasteiger charge is -2.20. The maximum absolute atomic E-state index is 12.6. The molecular weight excluding hydrogens is 430 g/mol. The van der Waals surface area contributed by atoms with Gasteiger partial charge in [-0.3, -0.25) is 9.78 Å². The maximum atomic E-state index is 12.6. The molecule has 0 saturated heterocycles. The molecule has 1 aromatic heterocycles. The molecule has 0 radical (unpaired) electrons.